The van der Waals surface area contributed by atoms with Gasteiger partial charge in [0.05, 0.1) is 6.26 Å². The van der Waals surface area contributed by atoms with Gasteiger partial charge in [-0.3, -0.25) is 4.79 Å². The third-order valence-electron chi connectivity index (χ3n) is 3.05. The van der Waals surface area contributed by atoms with Crippen LogP contribution < -0.4 is 5.32 Å². The number of hydrogen-bond acceptors (Lipinski definition) is 2. The Labute approximate surface area is 102 Å². The van der Waals surface area contributed by atoms with Gasteiger partial charge in [0.2, 0.25) is 5.91 Å². The van der Waals surface area contributed by atoms with E-state index in [-0.39, 0.29) is 11.9 Å². The second-order valence-corrected chi connectivity index (χ2v) is 4.72. The van der Waals surface area contributed by atoms with E-state index in [1.165, 1.54) is 0 Å². The Kier molecular flexibility index (Phi) is 4.02. The summed E-state index contributed by atoms with van der Waals surface area (Å²) in [4.78, 5) is 11.8. The van der Waals surface area contributed by atoms with E-state index in [9.17, 15) is 4.79 Å². The Morgan fingerprint density at radius 1 is 1.65 bits per heavy atom. The van der Waals surface area contributed by atoms with Gasteiger partial charge in [-0.25, -0.2) is 0 Å². The highest BCUT2D eigenvalue weighted by atomic mass is 16.3. The molecular formula is C14H19NO2. The van der Waals surface area contributed by atoms with Gasteiger partial charge in [0, 0.05) is 18.9 Å². The monoisotopic (exact) mass is 233 g/mol. The van der Waals surface area contributed by atoms with E-state index in [2.05, 4.69) is 17.5 Å². The van der Waals surface area contributed by atoms with Crippen LogP contribution in [0.5, 0.6) is 0 Å². The number of nitrogens with one attached hydrogen (secondary N) is 1. The largest absolute Gasteiger partial charge is 0.469 e. The lowest BCUT2D eigenvalue weighted by molar-refractivity contribution is -0.122. The van der Waals surface area contributed by atoms with Crippen molar-refractivity contribution in [3.63, 3.8) is 0 Å². The Morgan fingerprint density at radius 3 is 3.18 bits per heavy atom. The molecule has 0 saturated heterocycles. The van der Waals surface area contributed by atoms with Crippen molar-refractivity contribution in [3.05, 3.63) is 36.3 Å². The van der Waals surface area contributed by atoms with Gasteiger partial charge >= 0.3 is 0 Å². The van der Waals surface area contributed by atoms with Gasteiger partial charge in [-0.15, -0.1) is 0 Å². The fraction of sp³-hybridized carbons (Fsp3) is 0.500. The fourth-order valence-corrected chi connectivity index (χ4v) is 2.22. The Bertz CT molecular complexity index is 381. The number of rotatable bonds is 5. The van der Waals surface area contributed by atoms with E-state index in [0.29, 0.717) is 12.3 Å². The SMILES string of the molecule is C[C@H](Cc1ccco1)NC(=O)C[C@H]1C=CCC1. The van der Waals surface area contributed by atoms with Crippen LogP contribution in [0.3, 0.4) is 0 Å². The summed E-state index contributed by atoms with van der Waals surface area (Å²) >= 11 is 0. The molecule has 1 aliphatic rings. The number of allylic oxidation sites excluding steroid dienone is 2. The topological polar surface area (TPSA) is 42.2 Å². The molecule has 0 bridgehead atoms. The maximum Gasteiger partial charge on any atom is 0.220 e. The summed E-state index contributed by atoms with van der Waals surface area (Å²) in [5.41, 5.74) is 0. The third-order valence-corrected chi connectivity index (χ3v) is 3.05. The summed E-state index contributed by atoms with van der Waals surface area (Å²) in [6.45, 7) is 2.00. The zero-order valence-corrected chi connectivity index (χ0v) is 10.2. The van der Waals surface area contributed by atoms with Crippen molar-refractivity contribution in [1.82, 2.24) is 5.32 Å². The Hall–Kier alpha value is -1.51. The molecule has 1 heterocycles. The molecule has 0 aliphatic heterocycles. The normalized spacial score (nSPS) is 20.4. The molecule has 2 atom stereocenters. The van der Waals surface area contributed by atoms with E-state index in [0.717, 1.165) is 25.0 Å². The van der Waals surface area contributed by atoms with E-state index in [1.807, 2.05) is 19.1 Å². The average Bonchev–Trinajstić information content (AvgIpc) is 2.90. The van der Waals surface area contributed by atoms with Crippen LogP contribution in [0.4, 0.5) is 0 Å². The average molecular weight is 233 g/mol. The van der Waals surface area contributed by atoms with Gasteiger partial charge in [-0.05, 0) is 37.8 Å². The first-order chi connectivity index (χ1) is 8.24. The molecule has 17 heavy (non-hydrogen) atoms. The third kappa shape index (κ3) is 3.77. The van der Waals surface area contributed by atoms with Crippen LogP contribution in [0.2, 0.25) is 0 Å². The molecule has 0 fully saturated rings. The highest BCUT2D eigenvalue weighted by Gasteiger charge is 2.15. The zero-order valence-electron chi connectivity index (χ0n) is 10.2. The van der Waals surface area contributed by atoms with Crippen LogP contribution in [-0.2, 0) is 11.2 Å². The quantitative estimate of drug-likeness (QED) is 0.794. The van der Waals surface area contributed by atoms with Crippen molar-refractivity contribution in [1.29, 1.82) is 0 Å². The Morgan fingerprint density at radius 2 is 2.53 bits per heavy atom. The summed E-state index contributed by atoms with van der Waals surface area (Å²) in [5, 5.41) is 3.01. The van der Waals surface area contributed by atoms with Gasteiger partial charge in [0.25, 0.3) is 0 Å². The van der Waals surface area contributed by atoms with Gasteiger partial charge in [-0.1, -0.05) is 12.2 Å². The van der Waals surface area contributed by atoms with Crippen LogP contribution in [0.15, 0.2) is 35.0 Å². The molecule has 1 amide bonds. The molecule has 0 spiro atoms. The molecule has 0 saturated carbocycles. The van der Waals surface area contributed by atoms with Crippen molar-refractivity contribution in [2.24, 2.45) is 5.92 Å². The maximum atomic E-state index is 11.8. The van der Waals surface area contributed by atoms with Gasteiger partial charge < -0.3 is 9.73 Å². The van der Waals surface area contributed by atoms with Crippen molar-refractivity contribution >= 4 is 5.91 Å². The highest BCUT2D eigenvalue weighted by Crippen LogP contribution is 2.20. The van der Waals surface area contributed by atoms with Gasteiger partial charge in [0.1, 0.15) is 5.76 Å². The van der Waals surface area contributed by atoms with Crippen LogP contribution in [0.25, 0.3) is 0 Å². The maximum absolute atomic E-state index is 11.8. The lowest BCUT2D eigenvalue weighted by Gasteiger charge is -2.14. The number of carbonyl (C=O) groups is 1. The molecule has 1 aromatic heterocycles. The minimum atomic E-state index is 0.124. The predicted octanol–water partition coefficient (Wildman–Crippen LogP) is 2.68. The second-order valence-electron chi connectivity index (χ2n) is 4.72. The van der Waals surface area contributed by atoms with Crippen LogP contribution in [0.1, 0.15) is 31.9 Å². The van der Waals surface area contributed by atoms with E-state index >= 15 is 0 Å². The molecule has 3 nitrogen and oxygen atoms in total. The Balaban J connectivity index is 1.72. The summed E-state index contributed by atoms with van der Waals surface area (Å²) in [6.07, 6.45) is 9.55. The minimum absolute atomic E-state index is 0.124. The highest BCUT2D eigenvalue weighted by molar-refractivity contribution is 5.76. The van der Waals surface area contributed by atoms with Crippen molar-refractivity contribution in [3.8, 4) is 0 Å². The first-order valence-electron chi connectivity index (χ1n) is 6.22. The molecule has 92 valence electrons. The summed E-state index contributed by atoms with van der Waals surface area (Å²) in [7, 11) is 0. The van der Waals surface area contributed by atoms with E-state index < -0.39 is 0 Å². The van der Waals surface area contributed by atoms with Gasteiger partial charge in [0.15, 0.2) is 0 Å². The number of hydrogen-bond donors (Lipinski definition) is 1. The smallest absolute Gasteiger partial charge is 0.220 e. The molecule has 0 aromatic carbocycles. The minimum Gasteiger partial charge on any atom is -0.469 e. The number of furan rings is 1. The molecule has 0 radical (unpaired) electrons. The molecule has 2 rings (SSSR count). The summed E-state index contributed by atoms with van der Waals surface area (Å²) in [5.74, 6) is 1.49. The first-order valence-corrected chi connectivity index (χ1v) is 6.22. The van der Waals surface area contributed by atoms with Crippen molar-refractivity contribution in [2.45, 2.75) is 38.6 Å². The van der Waals surface area contributed by atoms with Crippen molar-refractivity contribution < 1.29 is 9.21 Å². The van der Waals surface area contributed by atoms with E-state index in [4.69, 9.17) is 4.42 Å². The zero-order chi connectivity index (χ0) is 12.1. The first kappa shape index (κ1) is 12.0. The second kappa shape index (κ2) is 5.71. The fourth-order valence-electron chi connectivity index (χ4n) is 2.22. The lowest BCUT2D eigenvalue weighted by atomic mass is 10.0. The van der Waals surface area contributed by atoms with E-state index in [1.54, 1.807) is 6.26 Å². The number of carbonyl (C=O) groups excluding carboxylic acids is 1. The molecule has 3 heteroatoms. The van der Waals surface area contributed by atoms with Crippen molar-refractivity contribution in [2.75, 3.05) is 0 Å². The predicted molar refractivity (Wildman–Crippen MR) is 66.5 cm³/mol. The molecule has 0 unspecified atom stereocenters. The number of amides is 1. The standard InChI is InChI=1S/C14H19NO2/c1-11(9-13-7-4-8-17-13)15-14(16)10-12-5-2-3-6-12/h2,4-5,7-8,11-12H,3,6,9-10H2,1H3,(H,15,16)/t11-,12+/m1/s1. The van der Waals surface area contributed by atoms with Crippen LogP contribution in [-0.4, -0.2) is 11.9 Å². The molecule has 1 N–H and O–H groups in total. The summed E-state index contributed by atoms with van der Waals surface area (Å²) in [6, 6.07) is 3.93. The molecular weight excluding hydrogens is 214 g/mol. The molecule has 1 aromatic rings. The lowest BCUT2D eigenvalue weighted by Crippen LogP contribution is -2.34. The van der Waals surface area contributed by atoms with Gasteiger partial charge in [-0.2, -0.15) is 0 Å². The summed E-state index contributed by atoms with van der Waals surface area (Å²) < 4.78 is 5.26. The van der Waals surface area contributed by atoms with Crippen LogP contribution in [0, 0.1) is 5.92 Å². The molecule has 1 aliphatic carbocycles. The van der Waals surface area contributed by atoms with Crippen LogP contribution >= 0.6 is 0 Å².